The minimum atomic E-state index is -1.52. The zero-order chi connectivity index (χ0) is 20.1. The van der Waals surface area contributed by atoms with Crippen molar-refractivity contribution in [3.63, 3.8) is 0 Å². The Labute approximate surface area is 167 Å². The van der Waals surface area contributed by atoms with Crippen molar-refractivity contribution in [3.8, 4) is 0 Å². The lowest BCUT2D eigenvalue weighted by Crippen LogP contribution is -2.32. The average Bonchev–Trinajstić information content (AvgIpc) is 2.72. The molecule has 0 radical (unpaired) electrons. The van der Waals surface area contributed by atoms with Crippen LogP contribution in [0.15, 0.2) is 71.9 Å². The molecule has 28 heavy (non-hydrogen) atoms. The van der Waals surface area contributed by atoms with Gasteiger partial charge in [-0.05, 0) is 47.4 Å². The van der Waals surface area contributed by atoms with Gasteiger partial charge in [0.05, 0.1) is 10.6 Å². The molecule has 0 fully saturated rings. The molecule has 1 amide bonds. The normalized spacial score (nSPS) is 10.6. The maximum atomic E-state index is 13.0. The first-order chi connectivity index (χ1) is 13.5. The molecule has 142 valence electrons. The number of nitrogens with zero attached hydrogens (tertiary/aromatic N) is 2. The molecule has 8 heteroatoms. The Kier molecular flexibility index (Phi) is 6.46. The number of carbonyl (C=O) groups is 1. The molecule has 2 aromatic carbocycles. The number of pyridine rings is 1. The fraction of sp³-hybridized carbons (Fsp3) is 0.100. The van der Waals surface area contributed by atoms with Crippen LogP contribution < -0.4 is 10.4 Å². The molecule has 0 atom stereocenters. The predicted octanol–water partition coefficient (Wildman–Crippen LogP) is 2.47. The van der Waals surface area contributed by atoms with Crippen LogP contribution in [0.25, 0.3) is 0 Å². The fourth-order valence-corrected chi connectivity index (χ4v) is 3.49. The number of anilines is 1. The summed E-state index contributed by atoms with van der Waals surface area (Å²) >= 11 is 1.43. The number of amides is 1. The topological polar surface area (TPSA) is 73.7 Å². The first-order valence-corrected chi connectivity index (χ1v) is 9.50. The molecule has 0 saturated heterocycles. The van der Waals surface area contributed by atoms with Crippen LogP contribution in [0.5, 0.6) is 0 Å². The highest BCUT2D eigenvalue weighted by molar-refractivity contribution is 7.98. The summed E-state index contributed by atoms with van der Waals surface area (Å²) < 4.78 is 13.0. The van der Waals surface area contributed by atoms with Crippen molar-refractivity contribution in [2.75, 3.05) is 11.9 Å². The molecule has 3 aromatic rings. The van der Waals surface area contributed by atoms with Gasteiger partial charge in [-0.25, -0.2) is 9.37 Å². The molecule has 1 aromatic heterocycles. The van der Waals surface area contributed by atoms with Gasteiger partial charge in [0.25, 0.3) is 5.91 Å². The van der Waals surface area contributed by atoms with Crippen LogP contribution in [0.3, 0.4) is 0 Å². The Hall–Kier alpha value is -2.68. The molecule has 0 unspecified atom stereocenters. The molecule has 5 nitrogen and oxygen atoms in total. The van der Waals surface area contributed by atoms with E-state index in [9.17, 15) is 19.2 Å². The second-order valence-corrected chi connectivity index (χ2v) is 7.08. The van der Waals surface area contributed by atoms with Crippen molar-refractivity contribution in [1.29, 1.82) is 0 Å². The van der Waals surface area contributed by atoms with Crippen molar-refractivity contribution in [2.24, 2.45) is 0 Å². The van der Waals surface area contributed by atoms with E-state index in [1.807, 2.05) is 12.1 Å². The molecule has 0 saturated carbocycles. The highest BCUT2D eigenvalue weighted by Crippen LogP contribution is 2.21. The molecule has 0 spiro atoms. The summed E-state index contributed by atoms with van der Waals surface area (Å²) in [4.78, 5) is 18.3. The largest absolute Gasteiger partial charge is 0.488 e. The molecule has 0 aliphatic carbocycles. The van der Waals surface area contributed by atoms with E-state index in [1.165, 1.54) is 47.1 Å². The van der Waals surface area contributed by atoms with Gasteiger partial charge in [-0.1, -0.05) is 24.3 Å². The first-order valence-electron chi connectivity index (χ1n) is 8.52. The molecular weight excluding hydrogens is 378 g/mol. The number of halogens is 1. The van der Waals surface area contributed by atoms with E-state index < -0.39 is 7.12 Å². The number of hydrogen-bond acceptors (Lipinski definition) is 5. The summed E-state index contributed by atoms with van der Waals surface area (Å²) in [6, 6.07) is 16.2. The summed E-state index contributed by atoms with van der Waals surface area (Å²) in [6.07, 6.45) is 1.50. The highest BCUT2D eigenvalue weighted by atomic mass is 32.2. The standard InChI is InChI=1S/C20H18BFN2O3S/c1-24(17-9-7-16(22)8-10-17)20(25)14-6-11-19(23-12-14)28-13-15-4-2-3-5-18(15)21(26)27/h2-12,26-27H,13H2,1H3. The Bertz CT molecular complexity index is 952. The smallest absolute Gasteiger partial charge is 0.423 e. The van der Waals surface area contributed by atoms with Gasteiger partial charge in [-0.15, -0.1) is 11.8 Å². The van der Waals surface area contributed by atoms with E-state index in [2.05, 4.69) is 4.98 Å². The quantitative estimate of drug-likeness (QED) is 0.495. The van der Waals surface area contributed by atoms with Crippen LogP contribution >= 0.6 is 11.8 Å². The van der Waals surface area contributed by atoms with Crippen molar-refractivity contribution in [3.05, 3.63) is 83.8 Å². The summed E-state index contributed by atoms with van der Waals surface area (Å²) in [5.41, 5.74) is 2.27. The van der Waals surface area contributed by atoms with Crippen molar-refractivity contribution < 1.29 is 19.2 Å². The number of rotatable bonds is 6. The highest BCUT2D eigenvalue weighted by Gasteiger charge is 2.16. The van der Waals surface area contributed by atoms with Gasteiger partial charge in [0.1, 0.15) is 5.82 Å². The van der Waals surface area contributed by atoms with Crippen LogP contribution in [0.2, 0.25) is 0 Å². The second-order valence-electron chi connectivity index (χ2n) is 6.09. The summed E-state index contributed by atoms with van der Waals surface area (Å²) in [5, 5.41) is 19.6. The second kappa shape index (κ2) is 9.01. The van der Waals surface area contributed by atoms with Crippen LogP contribution in [0.1, 0.15) is 15.9 Å². The summed E-state index contributed by atoms with van der Waals surface area (Å²) in [6.45, 7) is 0. The maximum Gasteiger partial charge on any atom is 0.488 e. The van der Waals surface area contributed by atoms with E-state index in [1.54, 1.807) is 31.3 Å². The van der Waals surface area contributed by atoms with E-state index >= 15 is 0 Å². The lowest BCUT2D eigenvalue weighted by atomic mass is 9.77. The molecule has 0 aliphatic rings. The van der Waals surface area contributed by atoms with E-state index in [-0.39, 0.29) is 11.7 Å². The van der Waals surface area contributed by atoms with Gasteiger partial charge < -0.3 is 14.9 Å². The van der Waals surface area contributed by atoms with E-state index in [0.29, 0.717) is 27.5 Å². The van der Waals surface area contributed by atoms with Gasteiger partial charge >= 0.3 is 7.12 Å². The SMILES string of the molecule is CN(C(=O)c1ccc(SCc2ccccc2B(O)O)nc1)c1ccc(F)cc1. The molecular formula is C20H18BFN2O3S. The zero-order valence-electron chi connectivity index (χ0n) is 15.1. The maximum absolute atomic E-state index is 13.0. The van der Waals surface area contributed by atoms with Crippen LogP contribution in [0, 0.1) is 5.82 Å². The van der Waals surface area contributed by atoms with Gasteiger partial charge in [-0.2, -0.15) is 0 Å². The van der Waals surface area contributed by atoms with Crippen LogP contribution in [0.4, 0.5) is 10.1 Å². The summed E-state index contributed by atoms with van der Waals surface area (Å²) in [5.74, 6) is -0.0869. The Morgan fingerprint density at radius 1 is 1.11 bits per heavy atom. The Morgan fingerprint density at radius 3 is 2.46 bits per heavy atom. The van der Waals surface area contributed by atoms with Crippen molar-refractivity contribution in [1.82, 2.24) is 4.98 Å². The number of hydrogen-bond donors (Lipinski definition) is 2. The lowest BCUT2D eigenvalue weighted by Gasteiger charge is -2.17. The van der Waals surface area contributed by atoms with Crippen molar-refractivity contribution in [2.45, 2.75) is 10.8 Å². The Morgan fingerprint density at radius 2 is 1.82 bits per heavy atom. The third kappa shape index (κ3) is 4.78. The number of carbonyl (C=O) groups excluding carboxylic acids is 1. The zero-order valence-corrected chi connectivity index (χ0v) is 15.9. The van der Waals surface area contributed by atoms with Crippen molar-refractivity contribution >= 4 is 35.9 Å². The number of aromatic nitrogens is 1. The van der Waals surface area contributed by atoms with Gasteiger partial charge in [0.2, 0.25) is 0 Å². The molecule has 3 rings (SSSR count). The van der Waals surface area contributed by atoms with Gasteiger partial charge in [0, 0.05) is 24.7 Å². The van der Waals surface area contributed by atoms with Gasteiger partial charge in [-0.3, -0.25) is 4.79 Å². The average molecular weight is 396 g/mol. The third-order valence-corrected chi connectivity index (χ3v) is 5.20. The van der Waals surface area contributed by atoms with Gasteiger partial charge in [0.15, 0.2) is 0 Å². The molecule has 1 heterocycles. The lowest BCUT2D eigenvalue weighted by molar-refractivity contribution is 0.0992. The molecule has 0 bridgehead atoms. The Balaban J connectivity index is 1.66. The molecule has 2 N–H and O–H groups in total. The van der Waals surface area contributed by atoms with Crippen LogP contribution in [-0.4, -0.2) is 35.1 Å². The predicted molar refractivity (Wildman–Crippen MR) is 109 cm³/mol. The monoisotopic (exact) mass is 396 g/mol. The molecule has 0 aliphatic heterocycles. The van der Waals surface area contributed by atoms with E-state index in [0.717, 1.165) is 5.56 Å². The fourth-order valence-electron chi connectivity index (χ4n) is 2.64. The minimum absolute atomic E-state index is 0.246. The minimum Gasteiger partial charge on any atom is -0.423 e. The van der Waals surface area contributed by atoms with Crippen LogP contribution in [-0.2, 0) is 5.75 Å². The number of thioether (sulfide) groups is 1. The summed E-state index contributed by atoms with van der Waals surface area (Å²) in [7, 11) is 0.0989. The first kappa shape index (κ1) is 20.1. The third-order valence-electron chi connectivity index (χ3n) is 4.21. The number of benzene rings is 2. The van der Waals surface area contributed by atoms with E-state index in [4.69, 9.17) is 0 Å².